The quantitative estimate of drug-likeness (QED) is 0.669. The molecule has 1 aliphatic rings. The second-order valence-electron chi connectivity index (χ2n) is 4.97. The molecule has 4 N–H and O–H groups in total. The van der Waals surface area contributed by atoms with Crippen LogP contribution in [0.5, 0.6) is 0 Å². The number of primary amides is 1. The molecule has 0 unspecified atom stereocenters. The van der Waals surface area contributed by atoms with Crippen LogP contribution < -0.4 is 10.5 Å². The van der Waals surface area contributed by atoms with Crippen molar-refractivity contribution in [1.82, 2.24) is 4.72 Å². The van der Waals surface area contributed by atoms with Crippen molar-refractivity contribution in [2.75, 3.05) is 0 Å². The van der Waals surface area contributed by atoms with Crippen molar-refractivity contribution in [3.05, 3.63) is 29.3 Å². The summed E-state index contributed by atoms with van der Waals surface area (Å²) in [4.78, 5) is 21.8. The Morgan fingerprint density at radius 3 is 2.57 bits per heavy atom. The van der Waals surface area contributed by atoms with Gasteiger partial charge in [0.2, 0.25) is 15.9 Å². The van der Waals surface area contributed by atoms with Crippen molar-refractivity contribution in [2.24, 2.45) is 5.73 Å². The molecule has 1 aromatic rings. The lowest BCUT2D eigenvalue weighted by Gasteiger charge is -2.14. The standard InChI is InChI=1S/C13H16N2O5S/c14-12(16)7-11(13(17)18)15-21(19,20)10-5-4-8-2-1-3-9(8)6-10/h4-6,11,15H,1-3,7H2,(H2,14,16)(H,17,18)/t11-/m1/s1. The molecule has 0 spiro atoms. The monoisotopic (exact) mass is 312 g/mol. The molecule has 8 heteroatoms. The van der Waals surface area contributed by atoms with E-state index in [1.165, 1.54) is 6.07 Å². The average Bonchev–Trinajstić information content (AvgIpc) is 2.84. The summed E-state index contributed by atoms with van der Waals surface area (Å²) in [6.07, 6.45) is 2.11. The van der Waals surface area contributed by atoms with Crippen molar-refractivity contribution in [3.8, 4) is 0 Å². The highest BCUT2D eigenvalue weighted by Crippen LogP contribution is 2.24. The molecule has 0 radical (unpaired) electrons. The second kappa shape index (κ2) is 5.82. The fourth-order valence-corrected chi connectivity index (χ4v) is 3.59. The molecule has 0 fully saturated rings. The molecule has 114 valence electrons. The van der Waals surface area contributed by atoms with Gasteiger partial charge in [0.15, 0.2) is 0 Å². The number of carbonyl (C=O) groups excluding carboxylic acids is 1. The fourth-order valence-electron chi connectivity index (χ4n) is 2.35. The van der Waals surface area contributed by atoms with Crippen molar-refractivity contribution in [2.45, 2.75) is 36.6 Å². The number of nitrogens with two attached hydrogens (primary N) is 1. The SMILES string of the molecule is NC(=O)C[C@@H](NS(=O)(=O)c1ccc2c(c1)CCC2)C(=O)O. The molecule has 7 nitrogen and oxygen atoms in total. The summed E-state index contributed by atoms with van der Waals surface area (Å²) >= 11 is 0. The lowest BCUT2D eigenvalue weighted by Crippen LogP contribution is -2.43. The number of nitrogens with one attached hydrogen (secondary N) is 1. The largest absolute Gasteiger partial charge is 0.480 e. The smallest absolute Gasteiger partial charge is 0.322 e. The van der Waals surface area contributed by atoms with Crippen LogP contribution in [0, 0.1) is 0 Å². The predicted molar refractivity (Wildman–Crippen MR) is 74.0 cm³/mol. The summed E-state index contributed by atoms with van der Waals surface area (Å²) in [6, 6.07) is 3.16. The lowest BCUT2D eigenvalue weighted by atomic mass is 10.1. The average molecular weight is 312 g/mol. The highest BCUT2D eigenvalue weighted by atomic mass is 32.2. The van der Waals surface area contributed by atoms with E-state index in [4.69, 9.17) is 10.8 Å². The number of hydrogen-bond donors (Lipinski definition) is 3. The van der Waals surface area contributed by atoms with Gasteiger partial charge in [-0.1, -0.05) is 6.07 Å². The van der Waals surface area contributed by atoms with Crippen LogP contribution in [0.4, 0.5) is 0 Å². The Hall–Kier alpha value is -1.93. The van der Waals surface area contributed by atoms with E-state index < -0.39 is 34.4 Å². The molecule has 1 atom stereocenters. The third-order valence-electron chi connectivity index (χ3n) is 3.38. The van der Waals surface area contributed by atoms with Gasteiger partial charge in [-0.3, -0.25) is 9.59 Å². The van der Waals surface area contributed by atoms with E-state index in [0.29, 0.717) is 0 Å². The number of hydrogen-bond acceptors (Lipinski definition) is 4. The molecule has 0 heterocycles. The molecule has 0 aliphatic heterocycles. The Balaban J connectivity index is 2.24. The first-order valence-electron chi connectivity index (χ1n) is 6.45. The Labute approximate surface area is 122 Å². The Morgan fingerprint density at radius 1 is 1.29 bits per heavy atom. The van der Waals surface area contributed by atoms with Gasteiger partial charge in [0.05, 0.1) is 11.3 Å². The zero-order chi connectivity index (χ0) is 15.6. The van der Waals surface area contributed by atoms with E-state index >= 15 is 0 Å². The summed E-state index contributed by atoms with van der Waals surface area (Å²) in [5.41, 5.74) is 7.00. The maximum absolute atomic E-state index is 12.2. The van der Waals surface area contributed by atoms with Crippen LogP contribution >= 0.6 is 0 Å². The number of aryl methyl sites for hydroxylation is 2. The molecule has 0 saturated heterocycles. The minimum Gasteiger partial charge on any atom is -0.480 e. The topological polar surface area (TPSA) is 127 Å². The van der Waals surface area contributed by atoms with Gasteiger partial charge in [0.1, 0.15) is 6.04 Å². The van der Waals surface area contributed by atoms with Crippen molar-refractivity contribution in [3.63, 3.8) is 0 Å². The van der Waals surface area contributed by atoms with Crippen LogP contribution in [-0.2, 0) is 32.5 Å². The number of aliphatic carboxylic acids is 1. The zero-order valence-electron chi connectivity index (χ0n) is 11.2. The Kier molecular flexibility index (Phi) is 4.29. The van der Waals surface area contributed by atoms with Gasteiger partial charge in [-0.05, 0) is 42.5 Å². The van der Waals surface area contributed by atoms with Crippen LogP contribution in [-0.4, -0.2) is 31.4 Å². The molecule has 2 rings (SSSR count). The first-order chi connectivity index (χ1) is 9.79. The van der Waals surface area contributed by atoms with Crippen molar-refractivity contribution < 1.29 is 23.1 Å². The van der Waals surface area contributed by atoms with E-state index in [9.17, 15) is 18.0 Å². The van der Waals surface area contributed by atoms with Gasteiger partial charge in [0, 0.05) is 0 Å². The number of sulfonamides is 1. The third-order valence-corrected chi connectivity index (χ3v) is 4.85. The van der Waals surface area contributed by atoms with Gasteiger partial charge in [-0.25, -0.2) is 8.42 Å². The number of carboxylic acid groups (broad SMARTS) is 1. The van der Waals surface area contributed by atoms with Gasteiger partial charge >= 0.3 is 5.97 Å². The molecule has 0 bridgehead atoms. The van der Waals surface area contributed by atoms with Crippen LogP contribution in [0.2, 0.25) is 0 Å². The molecule has 0 saturated carbocycles. The molecular weight excluding hydrogens is 296 g/mol. The lowest BCUT2D eigenvalue weighted by molar-refractivity contribution is -0.140. The number of rotatable bonds is 6. The summed E-state index contributed by atoms with van der Waals surface area (Å²) in [7, 11) is -4.01. The van der Waals surface area contributed by atoms with E-state index in [1.54, 1.807) is 12.1 Å². The van der Waals surface area contributed by atoms with E-state index in [1.807, 2.05) is 4.72 Å². The number of amides is 1. The normalized spacial score (nSPS) is 15.4. The van der Waals surface area contributed by atoms with Crippen molar-refractivity contribution in [1.29, 1.82) is 0 Å². The Bertz CT molecular complexity index is 684. The molecule has 21 heavy (non-hydrogen) atoms. The highest BCUT2D eigenvalue weighted by Gasteiger charge is 2.27. The number of carbonyl (C=O) groups is 2. The number of benzene rings is 1. The first kappa shape index (κ1) is 15.5. The van der Waals surface area contributed by atoms with Crippen LogP contribution in [0.1, 0.15) is 24.0 Å². The second-order valence-corrected chi connectivity index (χ2v) is 6.68. The van der Waals surface area contributed by atoms with Gasteiger partial charge in [-0.15, -0.1) is 0 Å². The van der Waals surface area contributed by atoms with E-state index in [2.05, 4.69) is 0 Å². The summed E-state index contributed by atoms with van der Waals surface area (Å²) < 4.78 is 26.4. The van der Waals surface area contributed by atoms with Gasteiger partial charge < -0.3 is 10.8 Å². The molecular formula is C13H16N2O5S. The van der Waals surface area contributed by atoms with Gasteiger partial charge in [-0.2, -0.15) is 4.72 Å². The summed E-state index contributed by atoms with van der Waals surface area (Å²) in [5, 5.41) is 8.95. The minimum atomic E-state index is -4.01. The maximum atomic E-state index is 12.2. The molecule has 1 aromatic carbocycles. The summed E-state index contributed by atoms with van der Waals surface area (Å²) in [5.74, 6) is -2.34. The maximum Gasteiger partial charge on any atom is 0.322 e. The van der Waals surface area contributed by atoms with Crippen LogP contribution in [0.3, 0.4) is 0 Å². The number of carboxylic acids is 1. The van der Waals surface area contributed by atoms with E-state index in [-0.39, 0.29) is 4.90 Å². The van der Waals surface area contributed by atoms with E-state index in [0.717, 1.165) is 30.4 Å². The fraction of sp³-hybridized carbons (Fsp3) is 0.385. The predicted octanol–water partition coefficient (Wildman–Crippen LogP) is -0.218. The Morgan fingerprint density at radius 2 is 1.95 bits per heavy atom. The van der Waals surface area contributed by atoms with Crippen LogP contribution in [0.15, 0.2) is 23.1 Å². The number of fused-ring (bicyclic) bond motifs is 1. The summed E-state index contributed by atoms with van der Waals surface area (Å²) in [6.45, 7) is 0. The highest BCUT2D eigenvalue weighted by molar-refractivity contribution is 7.89. The molecule has 1 aliphatic carbocycles. The first-order valence-corrected chi connectivity index (χ1v) is 7.93. The van der Waals surface area contributed by atoms with Crippen molar-refractivity contribution >= 4 is 21.9 Å². The van der Waals surface area contributed by atoms with Gasteiger partial charge in [0.25, 0.3) is 0 Å². The zero-order valence-corrected chi connectivity index (χ0v) is 12.0. The molecule has 1 amide bonds. The molecule has 0 aromatic heterocycles. The van der Waals surface area contributed by atoms with Crippen LogP contribution in [0.25, 0.3) is 0 Å². The third kappa shape index (κ3) is 3.59. The minimum absolute atomic E-state index is 0.00105.